The molecule has 0 radical (unpaired) electrons. The van der Waals surface area contributed by atoms with E-state index in [1.165, 1.54) is 0 Å². The monoisotopic (exact) mass is 167 g/mol. The van der Waals surface area contributed by atoms with Crippen molar-refractivity contribution in [1.29, 1.82) is 0 Å². The van der Waals surface area contributed by atoms with Crippen LogP contribution < -0.4 is 5.73 Å². The highest BCUT2D eigenvalue weighted by atomic mass is 32.1. The fourth-order valence-electron chi connectivity index (χ4n) is 0.185. The first-order chi connectivity index (χ1) is 4.06. The molecule has 0 fully saturated rings. The SMILES string of the molecule is NC(CS)(CS)C(=O)O. The zero-order chi connectivity index (χ0) is 7.49. The second-order valence-corrected chi connectivity index (χ2v) is 2.41. The Labute approximate surface area is 64.4 Å². The van der Waals surface area contributed by atoms with Gasteiger partial charge in [0.2, 0.25) is 0 Å². The summed E-state index contributed by atoms with van der Waals surface area (Å²) in [5.41, 5.74) is 4.02. The second kappa shape index (κ2) is 3.34. The molecule has 0 heterocycles. The molecule has 9 heavy (non-hydrogen) atoms. The van der Waals surface area contributed by atoms with Crippen LogP contribution >= 0.6 is 25.3 Å². The lowest BCUT2D eigenvalue weighted by molar-refractivity contribution is -0.141. The van der Waals surface area contributed by atoms with Crippen molar-refractivity contribution in [3.05, 3.63) is 0 Å². The molecule has 0 rings (SSSR count). The minimum atomic E-state index is -1.27. The summed E-state index contributed by atoms with van der Waals surface area (Å²) < 4.78 is 0. The molecular formula is C4H9NO2S2. The molecule has 54 valence electrons. The molecule has 0 saturated heterocycles. The van der Waals surface area contributed by atoms with Gasteiger partial charge in [0, 0.05) is 11.5 Å². The van der Waals surface area contributed by atoms with Gasteiger partial charge in [0.25, 0.3) is 0 Å². The molecule has 0 bridgehead atoms. The maximum Gasteiger partial charge on any atom is 0.325 e. The molecule has 0 aromatic carbocycles. The quantitative estimate of drug-likeness (QED) is 0.434. The topological polar surface area (TPSA) is 63.3 Å². The molecule has 0 aliphatic carbocycles. The molecule has 0 atom stereocenters. The first-order valence-electron chi connectivity index (χ1n) is 2.31. The summed E-state index contributed by atoms with van der Waals surface area (Å²) in [6, 6.07) is 0. The Bertz CT molecular complexity index is 113. The number of carbonyl (C=O) groups is 1. The average molecular weight is 167 g/mol. The molecule has 0 aliphatic heterocycles. The summed E-state index contributed by atoms with van der Waals surface area (Å²) >= 11 is 7.53. The van der Waals surface area contributed by atoms with E-state index in [1.54, 1.807) is 0 Å². The Kier molecular flexibility index (Phi) is 3.38. The Morgan fingerprint density at radius 3 is 1.89 bits per heavy atom. The van der Waals surface area contributed by atoms with Gasteiger partial charge in [-0.05, 0) is 0 Å². The second-order valence-electron chi connectivity index (χ2n) is 1.78. The Balaban J connectivity index is 4.09. The normalized spacial score (nSPS) is 11.4. The minimum absolute atomic E-state index is 0.103. The van der Waals surface area contributed by atoms with Gasteiger partial charge < -0.3 is 10.8 Å². The van der Waals surface area contributed by atoms with Gasteiger partial charge in [0.15, 0.2) is 0 Å². The van der Waals surface area contributed by atoms with E-state index in [1.807, 2.05) is 0 Å². The number of thiol groups is 2. The highest BCUT2D eigenvalue weighted by molar-refractivity contribution is 7.81. The lowest BCUT2D eigenvalue weighted by Gasteiger charge is -2.18. The minimum Gasteiger partial charge on any atom is -0.480 e. The van der Waals surface area contributed by atoms with Crippen LogP contribution in [0.3, 0.4) is 0 Å². The number of carboxylic acids is 1. The summed E-state index contributed by atoms with van der Waals surface area (Å²) in [6.45, 7) is 0. The van der Waals surface area contributed by atoms with Gasteiger partial charge >= 0.3 is 5.97 Å². The van der Waals surface area contributed by atoms with Crippen LogP contribution in [-0.2, 0) is 4.79 Å². The molecule has 0 aromatic heterocycles. The lowest BCUT2D eigenvalue weighted by Crippen LogP contribution is -2.51. The van der Waals surface area contributed by atoms with Crippen molar-refractivity contribution in [3.8, 4) is 0 Å². The van der Waals surface area contributed by atoms with Crippen molar-refractivity contribution < 1.29 is 9.90 Å². The molecule has 0 amide bonds. The average Bonchev–Trinajstić information content (AvgIpc) is 1.86. The largest absolute Gasteiger partial charge is 0.480 e. The number of nitrogens with two attached hydrogens (primary N) is 1. The van der Waals surface area contributed by atoms with Crippen molar-refractivity contribution in [1.82, 2.24) is 0 Å². The van der Waals surface area contributed by atoms with Gasteiger partial charge in [-0.3, -0.25) is 4.79 Å². The van der Waals surface area contributed by atoms with Crippen molar-refractivity contribution in [2.24, 2.45) is 5.73 Å². The van der Waals surface area contributed by atoms with Crippen LogP contribution in [0, 0.1) is 0 Å². The Hall–Kier alpha value is 0.130. The maximum absolute atomic E-state index is 10.3. The molecule has 3 nitrogen and oxygen atoms in total. The fraction of sp³-hybridized carbons (Fsp3) is 0.750. The number of hydrogen-bond acceptors (Lipinski definition) is 4. The molecule has 5 heteroatoms. The first-order valence-corrected chi connectivity index (χ1v) is 3.57. The van der Waals surface area contributed by atoms with E-state index >= 15 is 0 Å². The molecule has 0 saturated carbocycles. The lowest BCUT2D eigenvalue weighted by atomic mass is 10.1. The van der Waals surface area contributed by atoms with Crippen molar-refractivity contribution in [3.63, 3.8) is 0 Å². The maximum atomic E-state index is 10.3. The van der Waals surface area contributed by atoms with Crippen LogP contribution in [0.1, 0.15) is 0 Å². The summed E-state index contributed by atoms with van der Waals surface area (Å²) in [7, 11) is 0. The highest BCUT2D eigenvalue weighted by Crippen LogP contribution is 2.04. The predicted molar refractivity (Wildman–Crippen MR) is 42.3 cm³/mol. The summed E-state index contributed by atoms with van der Waals surface area (Å²) in [4.78, 5) is 10.3. The zero-order valence-corrected chi connectivity index (χ0v) is 6.53. The third-order valence-corrected chi connectivity index (χ3v) is 2.12. The molecule has 3 N–H and O–H groups in total. The smallest absolute Gasteiger partial charge is 0.325 e. The van der Waals surface area contributed by atoms with Crippen LogP contribution in [0.5, 0.6) is 0 Å². The van der Waals surface area contributed by atoms with Gasteiger partial charge in [-0.1, -0.05) is 0 Å². The van der Waals surface area contributed by atoms with Crippen LogP contribution in [0.2, 0.25) is 0 Å². The van der Waals surface area contributed by atoms with E-state index in [2.05, 4.69) is 25.3 Å². The number of hydrogen-bond donors (Lipinski definition) is 4. The Morgan fingerprint density at radius 2 is 1.89 bits per heavy atom. The van der Waals surface area contributed by atoms with Gasteiger partial charge in [-0.15, -0.1) is 0 Å². The van der Waals surface area contributed by atoms with Crippen molar-refractivity contribution in [2.75, 3.05) is 11.5 Å². The number of aliphatic carboxylic acids is 1. The number of rotatable bonds is 3. The van der Waals surface area contributed by atoms with E-state index in [4.69, 9.17) is 10.8 Å². The molecule has 0 spiro atoms. The standard InChI is InChI=1S/C4H9NO2S2/c5-4(1-8,2-9)3(6)7/h8-9H,1-2,5H2,(H,6,7). The fourth-order valence-corrected chi connectivity index (χ4v) is 0.856. The number of carboxylic acid groups (broad SMARTS) is 1. The van der Waals surface area contributed by atoms with Crippen molar-refractivity contribution in [2.45, 2.75) is 5.54 Å². The molecular weight excluding hydrogens is 158 g/mol. The van der Waals surface area contributed by atoms with E-state index in [0.717, 1.165) is 0 Å². The van der Waals surface area contributed by atoms with Crippen LogP contribution in [0.25, 0.3) is 0 Å². The van der Waals surface area contributed by atoms with Gasteiger partial charge in [0.05, 0.1) is 0 Å². The zero-order valence-electron chi connectivity index (χ0n) is 4.74. The third-order valence-electron chi connectivity index (χ3n) is 0.990. The van der Waals surface area contributed by atoms with Crippen LogP contribution in [-0.4, -0.2) is 28.1 Å². The third kappa shape index (κ3) is 2.08. The summed E-state index contributed by atoms with van der Waals surface area (Å²) in [6.07, 6.45) is 0. The Morgan fingerprint density at radius 1 is 1.56 bits per heavy atom. The van der Waals surface area contributed by atoms with Gasteiger partial charge in [-0.2, -0.15) is 25.3 Å². The summed E-state index contributed by atoms with van der Waals surface area (Å²) in [5, 5.41) is 8.41. The van der Waals surface area contributed by atoms with E-state index in [0.29, 0.717) is 0 Å². The first kappa shape index (κ1) is 9.13. The van der Waals surface area contributed by atoms with Crippen LogP contribution in [0.15, 0.2) is 0 Å². The van der Waals surface area contributed by atoms with Gasteiger partial charge in [0.1, 0.15) is 5.54 Å². The van der Waals surface area contributed by atoms with Crippen LogP contribution in [0.4, 0.5) is 0 Å². The summed E-state index contributed by atoms with van der Waals surface area (Å²) in [5.74, 6) is -0.856. The highest BCUT2D eigenvalue weighted by Gasteiger charge is 2.30. The predicted octanol–water partition coefficient (Wildman–Crippen LogP) is -0.372. The van der Waals surface area contributed by atoms with E-state index < -0.39 is 11.5 Å². The van der Waals surface area contributed by atoms with Gasteiger partial charge in [-0.25, -0.2) is 0 Å². The van der Waals surface area contributed by atoms with E-state index in [9.17, 15) is 4.79 Å². The molecule has 0 unspecified atom stereocenters. The van der Waals surface area contributed by atoms with Crippen molar-refractivity contribution >= 4 is 31.2 Å². The molecule has 0 aliphatic rings. The van der Waals surface area contributed by atoms with E-state index in [-0.39, 0.29) is 11.5 Å². The molecule has 0 aromatic rings.